The molecule has 1 aliphatic rings. The van der Waals surface area contributed by atoms with Crippen LogP contribution in [0.3, 0.4) is 0 Å². The highest BCUT2D eigenvalue weighted by Crippen LogP contribution is 2.33. The molecule has 21 heavy (non-hydrogen) atoms. The number of benzene rings is 1. The molecule has 1 aromatic carbocycles. The van der Waals surface area contributed by atoms with Gasteiger partial charge in [-0.15, -0.1) is 13.2 Å². The number of nitrogens with two attached hydrogens (primary N) is 1. The van der Waals surface area contributed by atoms with E-state index >= 15 is 0 Å². The summed E-state index contributed by atoms with van der Waals surface area (Å²) in [7, 11) is 0. The van der Waals surface area contributed by atoms with Gasteiger partial charge in [0.15, 0.2) is 0 Å². The average molecular weight is 337 g/mol. The number of hydrogen-bond donors (Lipinski definition) is 1. The first-order valence-electron chi connectivity index (χ1n) is 6.68. The van der Waals surface area contributed by atoms with Crippen molar-refractivity contribution in [1.82, 2.24) is 0 Å². The minimum Gasteiger partial charge on any atom is -0.406 e. The highest BCUT2D eigenvalue weighted by Gasteiger charge is 2.31. The molecule has 0 aliphatic carbocycles. The van der Waals surface area contributed by atoms with E-state index in [2.05, 4.69) is 11.7 Å². The van der Waals surface area contributed by atoms with Gasteiger partial charge in [0.05, 0.1) is 0 Å². The molecule has 0 amide bonds. The van der Waals surface area contributed by atoms with E-state index in [4.69, 9.17) is 5.73 Å². The first-order valence-corrected chi connectivity index (χ1v) is 8.78. The first-order chi connectivity index (χ1) is 9.85. The summed E-state index contributed by atoms with van der Waals surface area (Å²) in [5.74, 6) is 2.06. The highest BCUT2D eigenvalue weighted by molar-refractivity contribution is 8.07. The predicted molar refractivity (Wildman–Crippen MR) is 83.0 cm³/mol. The van der Waals surface area contributed by atoms with E-state index in [1.165, 1.54) is 12.1 Å². The second-order valence-electron chi connectivity index (χ2n) is 4.97. The van der Waals surface area contributed by atoms with Crippen LogP contribution < -0.4 is 10.5 Å². The van der Waals surface area contributed by atoms with E-state index in [1.807, 2.05) is 23.5 Å². The zero-order valence-electron chi connectivity index (χ0n) is 11.6. The molecule has 1 saturated heterocycles. The third kappa shape index (κ3) is 5.30. The van der Waals surface area contributed by atoms with Crippen LogP contribution >= 0.6 is 23.5 Å². The summed E-state index contributed by atoms with van der Waals surface area (Å²) in [5, 5.41) is 0.890. The van der Waals surface area contributed by atoms with E-state index in [-0.39, 0.29) is 11.8 Å². The summed E-state index contributed by atoms with van der Waals surface area (Å²) in [6.45, 7) is 2.18. The minimum atomic E-state index is -4.65. The topological polar surface area (TPSA) is 35.2 Å². The molecular weight excluding hydrogens is 319 g/mol. The third-order valence-corrected chi connectivity index (χ3v) is 6.56. The molecule has 0 saturated carbocycles. The van der Waals surface area contributed by atoms with E-state index in [9.17, 15) is 13.2 Å². The Morgan fingerprint density at radius 1 is 1.24 bits per heavy atom. The quantitative estimate of drug-likeness (QED) is 0.909. The molecule has 0 bridgehead atoms. The Hall–Kier alpha value is -0.530. The lowest BCUT2D eigenvalue weighted by atomic mass is 10.0. The molecule has 1 heterocycles. The molecule has 3 unspecified atom stereocenters. The molecule has 0 spiro atoms. The van der Waals surface area contributed by atoms with Gasteiger partial charge in [-0.2, -0.15) is 23.5 Å². The summed E-state index contributed by atoms with van der Waals surface area (Å²) >= 11 is 3.82. The monoisotopic (exact) mass is 337 g/mol. The summed E-state index contributed by atoms with van der Waals surface area (Å²) in [6.07, 6.45) is -3.99. The average Bonchev–Trinajstić information content (AvgIpc) is 2.40. The highest BCUT2D eigenvalue weighted by atomic mass is 32.2. The number of hydrogen-bond acceptors (Lipinski definition) is 4. The molecular formula is C14H18F3NOS2. The van der Waals surface area contributed by atoms with Crippen LogP contribution in [0.1, 0.15) is 12.5 Å². The van der Waals surface area contributed by atoms with E-state index in [0.717, 1.165) is 17.1 Å². The first kappa shape index (κ1) is 16.8. The van der Waals surface area contributed by atoms with Gasteiger partial charge in [0.25, 0.3) is 0 Å². The standard InChI is InChI=1S/C14H18F3NOS2/c1-9-13(21-7-6-20-9)12(18)8-10-2-4-11(5-3-10)19-14(15,16)17/h2-5,9,12-13H,6-8,18H2,1H3. The third-order valence-electron chi connectivity index (χ3n) is 3.29. The van der Waals surface area contributed by atoms with Gasteiger partial charge in [0.1, 0.15) is 5.75 Å². The summed E-state index contributed by atoms with van der Waals surface area (Å²) in [5.41, 5.74) is 7.20. The van der Waals surface area contributed by atoms with Crippen molar-refractivity contribution in [3.63, 3.8) is 0 Å². The summed E-state index contributed by atoms with van der Waals surface area (Å²) < 4.78 is 40.1. The van der Waals surface area contributed by atoms with Gasteiger partial charge in [-0.25, -0.2) is 0 Å². The zero-order chi connectivity index (χ0) is 15.5. The van der Waals surface area contributed by atoms with E-state index in [0.29, 0.717) is 16.9 Å². The van der Waals surface area contributed by atoms with Crippen molar-refractivity contribution in [2.45, 2.75) is 36.2 Å². The van der Waals surface area contributed by atoms with Crippen LogP contribution in [0.25, 0.3) is 0 Å². The molecule has 0 aromatic heterocycles. The van der Waals surface area contributed by atoms with Gasteiger partial charge in [-0.1, -0.05) is 19.1 Å². The van der Waals surface area contributed by atoms with Crippen LogP contribution in [0.5, 0.6) is 5.75 Å². The predicted octanol–water partition coefficient (Wildman–Crippen LogP) is 3.69. The van der Waals surface area contributed by atoms with Crippen molar-refractivity contribution in [1.29, 1.82) is 0 Å². The van der Waals surface area contributed by atoms with E-state index in [1.54, 1.807) is 12.1 Å². The number of thioether (sulfide) groups is 2. The maximum Gasteiger partial charge on any atom is 0.573 e. The second-order valence-corrected chi connectivity index (χ2v) is 7.74. The fraction of sp³-hybridized carbons (Fsp3) is 0.571. The zero-order valence-corrected chi connectivity index (χ0v) is 13.2. The van der Waals surface area contributed by atoms with Crippen LogP contribution in [0, 0.1) is 0 Å². The maximum atomic E-state index is 12.1. The Bertz CT molecular complexity index is 453. The van der Waals surface area contributed by atoms with Crippen molar-refractivity contribution >= 4 is 23.5 Å². The molecule has 1 aliphatic heterocycles. The molecule has 1 fully saturated rings. The number of halogens is 3. The normalized spacial score (nSPS) is 24.6. The van der Waals surface area contributed by atoms with Crippen molar-refractivity contribution in [3.05, 3.63) is 29.8 Å². The Kier molecular flexibility index (Phi) is 5.73. The van der Waals surface area contributed by atoms with Crippen LogP contribution in [-0.2, 0) is 6.42 Å². The van der Waals surface area contributed by atoms with Crippen molar-refractivity contribution < 1.29 is 17.9 Å². The number of ether oxygens (including phenoxy) is 1. The van der Waals surface area contributed by atoms with Crippen LogP contribution in [0.4, 0.5) is 13.2 Å². The number of rotatable bonds is 4. The SMILES string of the molecule is CC1SCCSC1C(N)Cc1ccc(OC(F)(F)F)cc1. The molecule has 7 heteroatoms. The molecule has 0 radical (unpaired) electrons. The van der Waals surface area contributed by atoms with Gasteiger partial charge < -0.3 is 10.5 Å². The van der Waals surface area contributed by atoms with Crippen LogP contribution in [0.2, 0.25) is 0 Å². The van der Waals surface area contributed by atoms with Gasteiger partial charge in [0.2, 0.25) is 0 Å². The minimum absolute atomic E-state index is 0.00665. The van der Waals surface area contributed by atoms with Gasteiger partial charge >= 0.3 is 6.36 Å². The van der Waals surface area contributed by atoms with Gasteiger partial charge in [-0.05, 0) is 24.1 Å². The Balaban J connectivity index is 1.93. The smallest absolute Gasteiger partial charge is 0.406 e. The van der Waals surface area contributed by atoms with Crippen LogP contribution in [0.15, 0.2) is 24.3 Å². The lowest BCUT2D eigenvalue weighted by Crippen LogP contribution is -2.42. The molecule has 1 aromatic rings. The summed E-state index contributed by atoms with van der Waals surface area (Å²) in [6, 6.07) is 5.97. The van der Waals surface area contributed by atoms with Crippen molar-refractivity contribution in [2.75, 3.05) is 11.5 Å². The van der Waals surface area contributed by atoms with Crippen molar-refractivity contribution in [2.24, 2.45) is 5.73 Å². The fourth-order valence-electron chi connectivity index (χ4n) is 2.34. The molecule has 2 nitrogen and oxygen atoms in total. The number of alkyl halides is 3. The molecule has 2 N–H and O–H groups in total. The Morgan fingerprint density at radius 3 is 2.43 bits per heavy atom. The maximum absolute atomic E-state index is 12.1. The Morgan fingerprint density at radius 2 is 1.86 bits per heavy atom. The lowest BCUT2D eigenvalue weighted by Gasteiger charge is -2.32. The van der Waals surface area contributed by atoms with Crippen molar-refractivity contribution in [3.8, 4) is 5.75 Å². The molecule has 3 atom stereocenters. The largest absolute Gasteiger partial charge is 0.573 e. The molecule has 118 valence electrons. The van der Waals surface area contributed by atoms with Crippen LogP contribution in [-0.4, -0.2) is 34.4 Å². The lowest BCUT2D eigenvalue weighted by molar-refractivity contribution is -0.274. The Labute approximate surface area is 131 Å². The second kappa shape index (κ2) is 7.15. The van der Waals surface area contributed by atoms with E-state index < -0.39 is 6.36 Å². The van der Waals surface area contributed by atoms with Gasteiger partial charge in [-0.3, -0.25) is 0 Å². The molecule has 2 rings (SSSR count). The van der Waals surface area contributed by atoms with Gasteiger partial charge in [0, 0.05) is 28.0 Å². The fourth-order valence-corrected chi connectivity index (χ4v) is 5.23. The summed E-state index contributed by atoms with van der Waals surface area (Å²) in [4.78, 5) is 0.